The highest BCUT2D eigenvalue weighted by atomic mass is 16.5. The molecule has 0 aromatic carbocycles. The van der Waals surface area contributed by atoms with Gasteiger partial charge in [-0.05, 0) is 13.6 Å². The molecule has 0 aromatic heterocycles. The summed E-state index contributed by atoms with van der Waals surface area (Å²) in [6, 6.07) is 0. The fourth-order valence-corrected chi connectivity index (χ4v) is 1.09. The molecule has 90 valence electrons. The molecule has 1 unspecified atom stereocenters. The zero-order chi connectivity index (χ0) is 11.7. The monoisotopic (exact) mass is 217 g/mol. The lowest BCUT2D eigenvalue weighted by molar-refractivity contribution is -0.123. The maximum Gasteiger partial charge on any atom is 0.222 e. The summed E-state index contributed by atoms with van der Waals surface area (Å²) in [6.45, 7) is 4.97. The van der Waals surface area contributed by atoms with Crippen LogP contribution in [0.1, 0.15) is 13.3 Å². The third-order valence-electron chi connectivity index (χ3n) is 2.36. The number of nitrogens with two attached hydrogens (primary N) is 1. The van der Waals surface area contributed by atoms with Crippen molar-refractivity contribution in [1.29, 1.82) is 0 Å². The van der Waals surface area contributed by atoms with Crippen LogP contribution in [0.15, 0.2) is 0 Å². The Kier molecular flexibility index (Phi) is 8.27. The highest BCUT2D eigenvalue weighted by Crippen LogP contribution is 1.93. The number of methoxy groups -OCH3 is 1. The lowest BCUT2D eigenvalue weighted by Gasteiger charge is -2.15. The van der Waals surface area contributed by atoms with E-state index in [1.807, 2.05) is 7.05 Å². The van der Waals surface area contributed by atoms with E-state index in [4.69, 9.17) is 10.5 Å². The van der Waals surface area contributed by atoms with Crippen LogP contribution < -0.4 is 11.1 Å². The fraction of sp³-hybridized carbons (Fsp3) is 0.900. The van der Waals surface area contributed by atoms with E-state index >= 15 is 0 Å². The van der Waals surface area contributed by atoms with Crippen molar-refractivity contribution in [2.75, 3.05) is 40.3 Å². The molecule has 1 atom stereocenters. The van der Waals surface area contributed by atoms with E-state index in [1.54, 1.807) is 7.11 Å². The van der Waals surface area contributed by atoms with Crippen molar-refractivity contribution in [3.8, 4) is 0 Å². The van der Waals surface area contributed by atoms with Gasteiger partial charge in [0.15, 0.2) is 0 Å². The fourth-order valence-electron chi connectivity index (χ4n) is 1.09. The third-order valence-corrected chi connectivity index (χ3v) is 2.36. The summed E-state index contributed by atoms with van der Waals surface area (Å²) in [6.07, 6.45) is 0.164. The Morgan fingerprint density at radius 3 is 2.73 bits per heavy atom. The zero-order valence-corrected chi connectivity index (χ0v) is 9.95. The minimum Gasteiger partial charge on any atom is -0.380 e. The first-order chi connectivity index (χ1) is 7.13. The first-order valence-electron chi connectivity index (χ1n) is 5.32. The second-order valence-electron chi connectivity index (χ2n) is 3.54. The van der Waals surface area contributed by atoms with E-state index < -0.39 is 0 Å². The van der Waals surface area contributed by atoms with Crippen LogP contribution in [-0.4, -0.2) is 57.2 Å². The van der Waals surface area contributed by atoms with Crippen LogP contribution in [-0.2, 0) is 9.53 Å². The second-order valence-corrected chi connectivity index (χ2v) is 3.54. The van der Waals surface area contributed by atoms with Crippen molar-refractivity contribution in [1.82, 2.24) is 10.2 Å². The largest absolute Gasteiger partial charge is 0.380 e. The molecule has 0 radical (unpaired) electrons. The lowest BCUT2D eigenvalue weighted by atomic mass is 10.2. The number of hydrogen-bond acceptors (Lipinski definition) is 4. The van der Waals surface area contributed by atoms with Crippen LogP contribution in [0.2, 0.25) is 0 Å². The molecule has 0 saturated carbocycles. The van der Waals surface area contributed by atoms with Crippen LogP contribution in [0, 0.1) is 0 Å². The molecular weight excluding hydrogens is 194 g/mol. The van der Waals surface area contributed by atoms with Gasteiger partial charge in [0.25, 0.3) is 0 Å². The average Bonchev–Trinajstić information content (AvgIpc) is 2.25. The van der Waals surface area contributed by atoms with Gasteiger partial charge >= 0.3 is 0 Å². The van der Waals surface area contributed by atoms with Gasteiger partial charge in [-0.25, -0.2) is 0 Å². The molecule has 0 heterocycles. The number of nitrogens with one attached hydrogen (secondary N) is 1. The van der Waals surface area contributed by atoms with Gasteiger partial charge < -0.3 is 20.7 Å². The standard InChI is InChI=1S/C10H23N3O2/c1-4-13(2)6-5-12-10(14)7-9(8-11)15-3/h9H,4-8,11H2,1-3H3,(H,12,14). The molecule has 0 aromatic rings. The van der Waals surface area contributed by atoms with Crippen LogP contribution in [0.5, 0.6) is 0 Å². The number of amides is 1. The summed E-state index contributed by atoms with van der Waals surface area (Å²) >= 11 is 0. The van der Waals surface area contributed by atoms with E-state index in [1.165, 1.54) is 0 Å². The number of rotatable bonds is 8. The molecule has 5 heteroatoms. The van der Waals surface area contributed by atoms with Gasteiger partial charge in [0.05, 0.1) is 12.5 Å². The number of likely N-dealkylation sites (N-methyl/N-ethyl adjacent to an activating group) is 1. The maximum atomic E-state index is 11.4. The molecule has 0 aliphatic heterocycles. The van der Waals surface area contributed by atoms with Gasteiger partial charge in [-0.3, -0.25) is 4.79 Å². The quantitative estimate of drug-likeness (QED) is 0.571. The number of hydrogen-bond donors (Lipinski definition) is 2. The number of carbonyl (C=O) groups excluding carboxylic acids is 1. The number of carbonyl (C=O) groups is 1. The normalized spacial score (nSPS) is 12.9. The molecule has 1 amide bonds. The predicted octanol–water partition coefficient (Wildman–Crippen LogP) is -0.582. The van der Waals surface area contributed by atoms with Gasteiger partial charge in [0.1, 0.15) is 0 Å². The first kappa shape index (κ1) is 14.3. The molecule has 0 aliphatic rings. The maximum absolute atomic E-state index is 11.4. The molecule has 0 fully saturated rings. The van der Waals surface area contributed by atoms with Gasteiger partial charge in [0.2, 0.25) is 5.91 Å². The Balaban J connectivity index is 3.56. The number of nitrogens with zero attached hydrogens (tertiary/aromatic N) is 1. The second kappa shape index (κ2) is 8.64. The molecule has 0 spiro atoms. The van der Waals surface area contributed by atoms with Crippen molar-refractivity contribution in [3.05, 3.63) is 0 Å². The molecule has 0 saturated heterocycles. The highest BCUT2D eigenvalue weighted by molar-refractivity contribution is 5.76. The Morgan fingerprint density at radius 2 is 2.27 bits per heavy atom. The molecule has 0 aliphatic carbocycles. The smallest absolute Gasteiger partial charge is 0.222 e. The van der Waals surface area contributed by atoms with Crippen molar-refractivity contribution in [2.24, 2.45) is 5.73 Å². The van der Waals surface area contributed by atoms with E-state index in [-0.39, 0.29) is 12.0 Å². The molecule has 3 N–H and O–H groups in total. The summed E-state index contributed by atoms with van der Waals surface area (Å²) in [5, 5.41) is 2.83. The van der Waals surface area contributed by atoms with E-state index in [2.05, 4.69) is 17.1 Å². The van der Waals surface area contributed by atoms with Crippen molar-refractivity contribution >= 4 is 5.91 Å². The SMILES string of the molecule is CCN(C)CCNC(=O)CC(CN)OC. The molecule has 15 heavy (non-hydrogen) atoms. The summed E-state index contributed by atoms with van der Waals surface area (Å²) < 4.78 is 5.02. The highest BCUT2D eigenvalue weighted by Gasteiger charge is 2.10. The molecule has 0 bridgehead atoms. The van der Waals surface area contributed by atoms with Crippen LogP contribution >= 0.6 is 0 Å². The number of ether oxygens (including phenoxy) is 1. The summed E-state index contributed by atoms with van der Waals surface area (Å²) in [5.41, 5.74) is 5.42. The minimum absolute atomic E-state index is 0.00296. The Morgan fingerprint density at radius 1 is 1.60 bits per heavy atom. The Bertz CT molecular complexity index is 172. The molecular formula is C10H23N3O2. The summed E-state index contributed by atoms with van der Waals surface area (Å²) in [5.74, 6) is -0.00296. The predicted molar refractivity (Wildman–Crippen MR) is 60.6 cm³/mol. The molecule has 0 rings (SSSR count). The van der Waals surface area contributed by atoms with Gasteiger partial charge in [-0.15, -0.1) is 0 Å². The van der Waals surface area contributed by atoms with Crippen molar-refractivity contribution < 1.29 is 9.53 Å². The summed E-state index contributed by atoms with van der Waals surface area (Å²) in [7, 11) is 3.58. The van der Waals surface area contributed by atoms with Crippen LogP contribution in [0.25, 0.3) is 0 Å². The Hall–Kier alpha value is -0.650. The van der Waals surface area contributed by atoms with Gasteiger partial charge in [-0.2, -0.15) is 0 Å². The topological polar surface area (TPSA) is 67.6 Å². The summed E-state index contributed by atoms with van der Waals surface area (Å²) in [4.78, 5) is 13.5. The van der Waals surface area contributed by atoms with E-state index in [0.29, 0.717) is 19.5 Å². The van der Waals surface area contributed by atoms with Crippen molar-refractivity contribution in [3.63, 3.8) is 0 Å². The average molecular weight is 217 g/mol. The van der Waals surface area contributed by atoms with Crippen LogP contribution in [0.3, 0.4) is 0 Å². The van der Waals surface area contributed by atoms with E-state index in [9.17, 15) is 4.79 Å². The zero-order valence-electron chi connectivity index (χ0n) is 9.95. The first-order valence-corrected chi connectivity index (χ1v) is 5.32. The van der Waals surface area contributed by atoms with Crippen molar-refractivity contribution in [2.45, 2.75) is 19.4 Å². The van der Waals surface area contributed by atoms with Gasteiger partial charge in [0, 0.05) is 26.7 Å². The van der Waals surface area contributed by atoms with Gasteiger partial charge in [-0.1, -0.05) is 6.92 Å². The third kappa shape index (κ3) is 7.30. The lowest BCUT2D eigenvalue weighted by Crippen LogP contribution is -2.36. The van der Waals surface area contributed by atoms with E-state index in [0.717, 1.165) is 13.1 Å². The Labute approximate surface area is 91.9 Å². The minimum atomic E-state index is -0.172. The van der Waals surface area contributed by atoms with Crippen LogP contribution in [0.4, 0.5) is 0 Å². The molecule has 5 nitrogen and oxygen atoms in total.